The molecule has 0 atom stereocenters. The van der Waals surface area contributed by atoms with Gasteiger partial charge in [0.2, 0.25) is 0 Å². The second kappa shape index (κ2) is 9.50. The van der Waals surface area contributed by atoms with E-state index in [4.69, 9.17) is 4.74 Å². The van der Waals surface area contributed by atoms with Crippen molar-refractivity contribution in [3.8, 4) is 39.4 Å². The van der Waals surface area contributed by atoms with Crippen LogP contribution in [0.5, 0.6) is 5.75 Å². The Morgan fingerprint density at radius 2 is 1.56 bits per heavy atom. The number of nitrogens with zero attached hydrogens (tertiary/aromatic N) is 4. The number of H-pyrrole nitrogens is 2. The molecule has 0 radical (unpaired) electrons. The second-order valence-corrected chi connectivity index (χ2v) is 9.21. The first kappa shape index (κ1) is 22.8. The van der Waals surface area contributed by atoms with Crippen molar-refractivity contribution in [1.29, 1.82) is 0 Å². The van der Waals surface area contributed by atoms with E-state index in [0.29, 0.717) is 18.0 Å². The summed E-state index contributed by atoms with van der Waals surface area (Å²) in [6.07, 6.45) is 8.86. The fourth-order valence-corrected chi connectivity index (χ4v) is 4.70. The summed E-state index contributed by atoms with van der Waals surface area (Å²) in [5.41, 5.74) is 7.77. The molecule has 0 aliphatic heterocycles. The Balaban J connectivity index is 1.24. The number of nitrogens with one attached hydrogen (secondary N) is 2. The lowest BCUT2D eigenvalue weighted by atomic mass is 10.0. The number of hydrogen-bond acceptors (Lipinski definition) is 5. The molecule has 2 N–H and O–H groups in total. The van der Waals surface area contributed by atoms with Gasteiger partial charge in [-0.05, 0) is 41.5 Å². The van der Waals surface area contributed by atoms with Gasteiger partial charge in [-0.3, -0.25) is 15.1 Å². The van der Waals surface area contributed by atoms with Crippen molar-refractivity contribution in [2.45, 2.75) is 6.61 Å². The molecule has 188 valence electrons. The van der Waals surface area contributed by atoms with Crippen molar-refractivity contribution in [1.82, 2.24) is 30.1 Å². The van der Waals surface area contributed by atoms with E-state index in [1.54, 1.807) is 43.1 Å². The summed E-state index contributed by atoms with van der Waals surface area (Å²) >= 11 is 0. The number of aromatic amines is 2. The molecule has 5 aromatic heterocycles. The SMILES string of the molecule is Fc1ccc(-c2cncc3[nH]c(-c4n[nH]c5ncc(-c6cncc(OCc7ccccc7)c6)cc45)cc23)cc1. The molecule has 7 rings (SSSR count). The van der Waals surface area contributed by atoms with Crippen molar-refractivity contribution < 1.29 is 9.13 Å². The van der Waals surface area contributed by atoms with E-state index < -0.39 is 0 Å². The molecule has 5 heterocycles. The lowest BCUT2D eigenvalue weighted by Gasteiger charge is -2.08. The lowest BCUT2D eigenvalue weighted by molar-refractivity contribution is 0.305. The van der Waals surface area contributed by atoms with E-state index in [1.165, 1.54) is 12.1 Å². The second-order valence-electron chi connectivity index (χ2n) is 9.21. The Kier molecular flexibility index (Phi) is 5.55. The monoisotopic (exact) mass is 512 g/mol. The van der Waals surface area contributed by atoms with Crippen molar-refractivity contribution >= 4 is 21.9 Å². The van der Waals surface area contributed by atoms with E-state index in [-0.39, 0.29) is 5.82 Å². The molecule has 0 amide bonds. The highest BCUT2D eigenvalue weighted by molar-refractivity contribution is 6.00. The van der Waals surface area contributed by atoms with Gasteiger partial charge in [-0.25, -0.2) is 9.37 Å². The van der Waals surface area contributed by atoms with Gasteiger partial charge < -0.3 is 9.72 Å². The highest BCUT2D eigenvalue weighted by Gasteiger charge is 2.15. The van der Waals surface area contributed by atoms with Gasteiger partial charge in [-0.15, -0.1) is 0 Å². The van der Waals surface area contributed by atoms with Crippen LogP contribution in [0.15, 0.2) is 104 Å². The van der Waals surface area contributed by atoms with Gasteiger partial charge in [0.1, 0.15) is 23.9 Å². The molecule has 0 aliphatic carbocycles. The predicted octanol–water partition coefficient (Wildman–Crippen LogP) is 6.95. The Morgan fingerprint density at radius 3 is 2.44 bits per heavy atom. The zero-order valence-corrected chi connectivity index (χ0v) is 20.6. The molecule has 0 bridgehead atoms. The van der Waals surface area contributed by atoms with E-state index in [0.717, 1.165) is 55.5 Å². The number of benzene rings is 2. The zero-order chi connectivity index (χ0) is 26.2. The summed E-state index contributed by atoms with van der Waals surface area (Å²) in [5, 5.41) is 9.43. The van der Waals surface area contributed by atoms with Crippen LogP contribution in [-0.2, 0) is 6.61 Å². The topological polar surface area (TPSA) is 92.4 Å². The molecule has 0 aliphatic rings. The predicted molar refractivity (Wildman–Crippen MR) is 148 cm³/mol. The van der Waals surface area contributed by atoms with Crippen LogP contribution >= 0.6 is 0 Å². The number of pyridine rings is 3. The van der Waals surface area contributed by atoms with Gasteiger partial charge in [0.15, 0.2) is 5.65 Å². The Bertz CT molecular complexity index is 1930. The first-order valence-electron chi connectivity index (χ1n) is 12.4. The summed E-state index contributed by atoms with van der Waals surface area (Å²) in [7, 11) is 0. The third kappa shape index (κ3) is 4.38. The van der Waals surface area contributed by atoms with E-state index >= 15 is 0 Å². The molecule has 39 heavy (non-hydrogen) atoms. The summed E-state index contributed by atoms with van der Waals surface area (Å²) in [6.45, 7) is 0.463. The minimum absolute atomic E-state index is 0.275. The third-order valence-electron chi connectivity index (χ3n) is 6.67. The standard InChI is InChI=1S/C31H21FN6O/c32-23-8-6-20(7-9-23)27-16-34-17-29-25(27)12-28(36-29)30-26-11-22(14-35-31(26)38-37-30)21-10-24(15-33-13-21)39-18-19-4-2-1-3-5-19/h1-17,36H,18H2,(H,35,37,38). The quantitative estimate of drug-likeness (QED) is 0.252. The van der Waals surface area contributed by atoms with Crippen LogP contribution in [0.1, 0.15) is 5.56 Å². The smallest absolute Gasteiger partial charge is 0.155 e. The average molecular weight is 513 g/mol. The molecule has 0 spiro atoms. The minimum Gasteiger partial charge on any atom is -0.487 e. The van der Waals surface area contributed by atoms with Gasteiger partial charge in [0, 0.05) is 46.1 Å². The van der Waals surface area contributed by atoms with Crippen molar-refractivity contribution in [2.75, 3.05) is 0 Å². The van der Waals surface area contributed by atoms with Crippen molar-refractivity contribution in [3.63, 3.8) is 0 Å². The maximum Gasteiger partial charge on any atom is 0.155 e. The summed E-state index contributed by atoms with van der Waals surface area (Å²) < 4.78 is 19.5. The first-order valence-corrected chi connectivity index (χ1v) is 12.4. The van der Waals surface area contributed by atoms with Crippen LogP contribution in [0.2, 0.25) is 0 Å². The van der Waals surface area contributed by atoms with Gasteiger partial charge in [0.05, 0.1) is 23.6 Å². The van der Waals surface area contributed by atoms with Crippen LogP contribution in [0.4, 0.5) is 4.39 Å². The van der Waals surface area contributed by atoms with E-state index in [9.17, 15) is 4.39 Å². The average Bonchev–Trinajstić information content (AvgIpc) is 3.61. The summed E-state index contributed by atoms with van der Waals surface area (Å²) in [6, 6.07) is 22.5. The van der Waals surface area contributed by atoms with Crippen LogP contribution in [0, 0.1) is 5.82 Å². The number of aromatic nitrogens is 6. The van der Waals surface area contributed by atoms with Crippen LogP contribution in [0.3, 0.4) is 0 Å². The molecule has 0 fully saturated rings. The maximum absolute atomic E-state index is 13.5. The van der Waals surface area contributed by atoms with Crippen LogP contribution < -0.4 is 4.74 Å². The Hall–Kier alpha value is -5.37. The van der Waals surface area contributed by atoms with Gasteiger partial charge in [0.25, 0.3) is 0 Å². The number of ether oxygens (including phenoxy) is 1. The highest BCUT2D eigenvalue weighted by Crippen LogP contribution is 2.34. The Morgan fingerprint density at radius 1 is 0.744 bits per heavy atom. The summed E-state index contributed by atoms with van der Waals surface area (Å²) in [5.74, 6) is 0.406. The molecule has 0 unspecified atom stereocenters. The molecular formula is C31H21FN6O. The van der Waals surface area contributed by atoms with Crippen LogP contribution in [-0.4, -0.2) is 30.1 Å². The number of rotatable bonds is 6. The van der Waals surface area contributed by atoms with Crippen molar-refractivity contribution in [2.24, 2.45) is 0 Å². The molecule has 7 aromatic rings. The minimum atomic E-state index is -0.275. The number of fused-ring (bicyclic) bond motifs is 2. The fraction of sp³-hybridized carbons (Fsp3) is 0.0323. The van der Waals surface area contributed by atoms with E-state index in [2.05, 4.69) is 30.1 Å². The van der Waals surface area contributed by atoms with Crippen molar-refractivity contribution in [3.05, 3.63) is 115 Å². The largest absolute Gasteiger partial charge is 0.487 e. The molecular weight excluding hydrogens is 491 g/mol. The van der Waals surface area contributed by atoms with Gasteiger partial charge in [-0.1, -0.05) is 42.5 Å². The highest BCUT2D eigenvalue weighted by atomic mass is 19.1. The molecule has 0 saturated carbocycles. The maximum atomic E-state index is 13.5. The molecule has 8 heteroatoms. The molecule has 7 nitrogen and oxygen atoms in total. The lowest BCUT2D eigenvalue weighted by Crippen LogP contribution is -1.96. The van der Waals surface area contributed by atoms with Crippen LogP contribution in [0.25, 0.3) is 55.6 Å². The normalized spacial score (nSPS) is 11.3. The van der Waals surface area contributed by atoms with Gasteiger partial charge in [-0.2, -0.15) is 5.10 Å². The van der Waals surface area contributed by atoms with E-state index in [1.807, 2.05) is 48.5 Å². The molecule has 2 aromatic carbocycles. The Labute approximate surface area is 222 Å². The summed E-state index contributed by atoms with van der Waals surface area (Å²) in [4.78, 5) is 16.8. The number of halogens is 1. The first-order chi connectivity index (χ1) is 19.2. The zero-order valence-electron chi connectivity index (χ0n) is 20.6. The third-order valence-corrected chi connectivity index (χ3v) is 6.67. The molecule has 0 saturated heterocycles. The van der Waals surface area contributed by atoms with Gasteiger partial charge >= 0.3 is 0 Å². The number of hydrogen-bond donors (Lipinski definition) is 2. The fourth-order valence-electron chi connectivity index (χ4n) is 4.70.